The van der Waals surface area contributed by atoms with Crippen LogP contribution in [0.15, 0.2) is 0 Å². The van der Waals surface area contributed by atoms with Crippen molar-refractivity contribution in [3.63, 3.8) is 0 Å². The minimum absolute atomic E-state index is 0. The average molecular weight is 328 g/mol. The second-order valence-electron chi connectivity index (χ2n) is 5.78. The lowest BCUT2D eigenvalue weighted by molar-refractivity contribution is -0.142. The number of hydrogen-bond donors (Lipinski definition) is 1. The van der Waals surface area contributed by atoms with Gasteiger partial charge in [0.05, 0.1) is 5.54 Å². The van der Waals surface area contributed by atoms with Crippen LogP contribution in [0.3, 0.4) is 0 Å². The molecule has 7 heteroatoms. The molecule has 0 saturated carbocycles. The average Bonchev–Trinajstić information content (AvgIpc) is 2.39. The van der Waals surface area contributed by atoms with Gasteiger partial charge < -0.3 is 20.3 Å². The van der Waals surface area contributed by atoms with E-state index in [-0.39, 0.29) is 30.7 Å². The smallest absolute Gasteiger partial charge is 0.242 e. The van der Waals surface area contributed by atoms with Crippen LogP contribution in [0.5, 0.6) is 0 Å². The van der Waals surface area contributed by atoms with Crippen LogP contribution in [-0.4, -0.2) is 67.7 Å². The van der Waals surface area contributed by atoms with Crippen LogP contribution in [0.25, 0.3) is 0 Å². The van der Waals surface area contributed by atoms with E-state index < -0.39 is 5.54 Å². The number of carbonyl (C=O) groups excluding carboxylic acids is 1. The maximum atomic E-state index is 12.6. The standard InChI is InChI=1S/C13H25N3O2.2ClH/c1-15(2)11-4-3-7-16(10-11)12(17)13(14)5-8-18-9-6-13;;/h11H,3-10,14H2,1-2H3;2*1H. The number of likely N-dealkylation sites (N-methyl/N-ethyl adjacent to an activating group) is 1. The highest BCUT2D eigenvalue weighted by atomic mass is 35.5. The van der Waals surface area contributed by atoms with Gasteiger partial charge >= 0.3 is 0 Å². The number of piperidine rings is 1. The summed E-state index contributed by atoms with van der Waals surface area (Å²) in [6, 6.07) is 0.464. The summed E-state index contributed by atoms with van der Waals surface area (Å²) < 4.78 is 5.30. The zero-order chi connectivity index (χ0) is 13.2. The molecule has 0 aromatic rings. The third-order valence-electron chi connectivity index (χ3n) is 4.22. The van der Waals surface area contributed by atoms with Crippen molar-refractivity contribution in [2.75, 3.05) is 40.4 Å². The number of ether oxygens (including phenoxy) is 1. The molecule has 0 aromatic carbocycles. The van der Waals surface area contributed by atoms with Gasteiger partial charge in [0, 0.05) is 32.3 Å². The van der Waals surface area contributed by atoms with Crippen LogP contribution in [0.1, 0.15) is 25.7 Å². The molecule has 0 aromatic heterocycles. The molecule has 120 valence electrons. The van der Waals surface area contributed by atoms with E-state index in [1.165, 1.54) is 0 Å². The van der Waals surface area contributed by atoms with Gasteiger partial charge in [-0.05, 0) is 39.8 Å². The second kappa shape index (κ2) is 8.39. The molecule has 20 heavy (non-hydrogen) atoms. The van der Waals surface area contributed by atoms with E-state index in [9.17, 15) is 4.79 Å². The Kier molecular flexibility index (Phi) is 8.36. The molecule has 2 rings (SSSR count). The number of rotatable bonds is 2. The topological polar surface area (TPSA) is 58.8 Å². The minimum atomic E-state index is -0.688. The molecule has 0 aliphatic carbocycles. The van der Waals surface area contributed by atoms with E-state index in [4.69, 9.17) is 10.5 Å². The monoisotopic (exact) mass is 327 g/mol. The predicted octanol–water partition coefficient (Wildman–Crippen LogP) is 0.891. The zero-order valence-corrected chi connectivity index (χ0v) is 14.0. The molecule has 2 N–H and O–H groups in total. The van der Waals surface area contributed by atoms with E-state index in [2.05, 4.69) is 19.0 Å². The van der Waals surface area contributed by atoms with E-state index in [1.807, 2.05) is 4.90 Å². The molecule has 1 amide bonds. The number of hydrogen-bond acceptors (Lipinski definition) is 4. The fraction of sp³-hybridized carbons (Fsp3) is 0.923. The predicted molar refractivity (Wildman–Crippen MR) is 84.8 cm³/mol. The summed E-state index contributed by atoms with van der Waals surface area (Å²) in [5.74, 6) is 0.123. The number of nitrogens with zero attached hydrogens (tertiary/aromatic N) is 2. The Bertz CT molecular complexity index is 310. The van der Waals surface area contributed by atoms with E-state index in [0.29, 0.717) is 32.1 Å². The van der Waals surface area contributed by atoms with Crippen LogP contribution in [0.2, 0.25) is 0 Å². The highest BCUT2D eigenvalue weighted by Crippen LogP contribution is 2.23. The first-order chi connectivity index (χ1) is 8.53. The van der Waals surface area contributed by atoms with Crippen molar-refractivity contribution < 1.29 is 9.53 Å². The largest absolute Gasteiger partial charge is 0.381 e. The molecule has 2 saturated heterocycles. The van der Waals surface area contributed by atoms with Gasteiger partial charge in [-0.3, -0.25) is 4.79 Å². The molecule has 1 atom stereocenters. The third-order valence-corrected chi connectivity index (χ3v) is 4.22. The normalized spacial score (nSPS) is 25.6. The third kappa shape index (κ3) is 4.46. The van der Waals surface area contributed by atoms with Crippen molar-refractivity contribution in [3.8, 4) is 0 Å². The summed E-state index contributed by atoms with van der Waals surface area (Å²) in [5, 5.41) is 0. The summed E-state index contributed by atoms with van der Waals surface area (Å²) in [7, 11) is 4.15. The van der Waals surface area contributed by atoms with Crippen LogP contribution >= 0.6 is 24.8 Å². The van der Waals surface area contributed by atoms with Crippen LogP contribution in [-0.2, 0) is 9.53 Å². The van der Waals surface area contributed by atoms with Gasteiger partial charge in [0.2, 0.25) is 5.91 Å². The molecule has 2 heterocycles. The van der Waals surface area contributed by atoms with Crippen LogP contribution in [0.4, 0.5) is 0 Å². The first-order valence-electron chi connectivity index (χ1n) is 6.85. The fourth-order valence-corrected chi connectivity index (χ4v) is 2.83. The molecule has 2 fully saturated rings. The van der Waals surface area contributed by atoms with Crippen molar-refractivity contribution in [1.29, 1.82) is 0 Å². The molecule has 5 nitrogen and oxygen atoms in total. The second-order valence-corrected chi connectivity index (χ2v) is 5.78. The molecule has 0 spiro atoms. The van der Waals surface area contributed by atoms with Gasteiger partial charge in [-0.25, -0.2) is 0 Å². The molecule has 1 unspecified atom stereocenters. The van der Waals surface area contributed by atoms with Gasteiger partial charge in [-0.15, -0.1) is 24.8 Å². The first kappa shape index (κ1) is 19.9. The molecular formula is C13H27Cl2N3O2. The summed E-state index contributed by atoms with van der Waals surface area (Å²) in [6.45, 7) is 2.87. The van der Waals surface area contributed by atoms with Crippen molar-refractivity contribution in [3.05, 3.63) is 0 Å². The molecule has 0 radical (unpaired) electrons. The number of likely N-dealkylation sites (tertiary alicyclic amines) is 1. The molecule has 0 bridgehead atoms. The lowest BCUT2D eigenvalue weighted by Gasteiger charge is -2.41. The van der Waals surface area contributed by atoms with Gasteiger partial charge in [0.25, 0.3) is 0 Å². The van der Waals surface area contributed by atoms with Gasteiger partial charge in [0.1, 0.15) is 0 Å². The van der Waals surface area contributed by atoms with E-state index in [0.717, 1.165) is 25.9 Å². The van der Waals surface area contributed by atoms with E-state index >= 15 is 0 Å². The lowest BCUT2D eigenvalue weighted by Crippen LogP contribution is -2.60. The summed E-state index contributed by atoms with van der Waals surface area (Å²) in [6.07, 6.45) is 3.53. The molecular weight excluding hydrogens is 301 g/mol. The highest BCUT2D eigenvalue weighted by Gasteiger charge is 2.40. The van der Waals surface area contributed by atoms with Crippen molar-refractivity contribution >= 4 is 30.7 Å². The fourth-order valence-electron chi connectivity index (χ4n) is 2.83. The number of carbonyl (C=O) groups is 1. The Morgan fingerprint density at radius 3 is 2.45 bits per heavy atom. The van der Waals surface area contributed by atoms with Crippen molar-refractivity contribution in [2.24, 2.45) is 5.73 Å². The van der Waals surface area contributed by atoms with Gasteiger partial charge in [0.15, 0.2) is 0 Å². The number of amides is 1. The van der Waals surface area contributed by atoms with Crippen LogP contribution in [0, 0.1) is 0 Å². The number of halogens is 2. The maximum Gasteiger partial charge on any atom is 0.242 e. The SMILES string of the molecule is CN(C)C1CCCN(C(=O)C2(N)CCOCC2)C1.Cl.Cl. The van der Waals surface area contributed by atoms with Crippen molar-refractivity contribution in [1.82, 2.24) is 9.80 Å². The Balaban J connectivity index is 0.00000180. The quantitative estimate of drug-likeness (QED) is 0.818. The Morgan fingerprint density at radius 1 is 1.30 bits per heavy atom. The molecule has 2 aliphatic rings. The van der Waals surface area contributed by atoms with Crippen LogP contribution < -0.4 is 5.73 Å². The summed E-state index contributed by atoms with van der Waals surface area (Å²) in [5.41, 5.74) is 5.58. The Hall–Kier alpha value is -0.0700. The Labute approximate surface area is 134 Å². The highest BCUT2D eigenvalue weighted by molar-refractivity contribution is 5.86. The van der Waals surface area contributed by atoms with Gasteiger partial charge in [-0.2, -0.15) is 0 Å². The summed E-state index contributed by atoms with van der Waals surface area (Å²) in [4.78, 5) is 16.7. The van der Waals surface area contributed by atoms with Gasteiger partial charge in [-0.1, -0.05) is 0 Å². The lowest BCUT2D eigenvalue weighted by atomic mass is 9.88. The van der Waals surface area contributed by atoms with E-state index in [1.54, 1.807) is 0 Å². The Morgan fingerprint density at radius 2 is 1.90 bits per heavy atom. The first-order valence-corrected chi connectivity index (χ1v) is 6.85. The zero-order valence-electron chi connectivity index (χ0n) is 12.3. The van der Waals surface area contributed by atoms with Crippen molar-refractivity contribution in [2.45, 2.75) is 37.3 Å². The summed E-state index contributed by atoms with van der Waals surface area (Å²) >= 11 is 0. The minimum Gasteiger partial charge on any atom is -0.381 e. The molecule has 2 aliphatic heterocycles. The maximum absolute atomic E-state index is 12.6. The number of nitrogens with two attached hydrogens (primary N) is 1.